The minimum absolute atomic E-state index is 0.275. The van der Waals surface area contributed by atoms with Crippen LogP contribution in [0.1, 0.15) is 10.4 Å². The second kappa shape index (κ2) is 7.46. The minimum Gasteiger partial charge on any atom is -0.465 e. The van der Waals surface area contributed by atoms with E-state index in [0.717, 1.165) is 10.0 Å². The molecule has 1 aromatic carbocycles. The summed E-state index contributed by atoms with van der Waals surface area (Å²) in [5.41, 5.74) is 1.77. The summed E-state index contributed by atoms with van der Waals surface area (Å²) < 4.78 is 5.73. The van der Waals surface area contributed by atoms with Crippen molar-refractivity contribution < 1.29 is 14.3 Å². The Morgan fingerprint density at radius 3 is 2.45 bits per heavy atom. The molecule has 1 amide bonds. The Balaban J connectivity index is 2.47. The van der Waals surface area contributed by atoms with Crippen LogP contribution in [-0.4, -0.2) is 23.8 Å². The SMILES string of the molecule is COC(=O)c1c(-c2ccc(Br)cc2)csc1NC(=O)C(Cl)Cl. The van der Waals surface area contributed by atoms with E-state index in [0.29, 0.717) is 10.6 Å². The van der Waals surface area contributed by atoms with Gasteiger partial charge in [0.1, 0.15) is 10.6 Å². The fraction of sp³-hybridized carbons (Fsp3) is 0.143. The van der Waals surface area contributed by atoms with Gasteiger partial charge < -0.3 is 10.1 Å². The standard InChI is InChI=1S/C14H10BrCl2NO3S/c1-21-14(20)10-9(7-2-4-8(15)5-3-7)6-22-13(10)18-12(19)11(16)17/h2-6,11H,1H3,(H,18,19). The summed E-state index contributed by atoms with van der Waals surface area (Å²) in [5, 5.41) is 4.65. The molecule has 0 saturated carbocycles. The molecule has 0 aliphatic rings. The third-order valence-corrected chi connectivity index (χ3v) is 4.59. The van der Waals surface area contributed by atoms with Gasteiger partial charge in [-0.25, -0.2) is 4.79 Å². The monoisotopic (exact) mass is 421 g/mol. The lowest BCUT2D eigenvalue weighted by atomic mass is 10.0. The van der Waals surface area contributed by atoms with Crippen molar-refractivity contribution in [3.05, 3.63) is 39.7 Å². The first-order valence-corrected chi connectivity index (χ1v) is 8.53. The highest BCUT2D eigenvalue weighted by atomic mass is 79.9. The maximum absolute atomic E-state index is 12.1. The van der Waals surface area contributed by atoms with Crippen molar-refractivity contribution >= 4 is 67.3 Å². The first kappa shape index (κ1) is 17.3. The summed E-state index contributed by atoms with van der Waals surface area (Å²) in [6, 6.07) is 7.44. The number of rotatable bonds is 4. The predicted molar refractivity (Wildman–Crippen MR) is 92.9 cm³/mol. The van der Waals surface area contributed by atoms with E-state index in [1.54, 1.807) is 5.38 Å². The van der Waals surface area contributed by atoms with Crippen molar-refractivity contribution in [2.24, 2.45) is 0 Å². The zero-order valence-electron chi connectivity index (χ0n) is 11.2. The largest absolute Gasteiger partial charge is 0.465 e. The lowest BCUT2D eigenvalue weighted by Gasteiger charge is -2.08. The molecule has 2 rings (SSSR count). The number of halogens is 3. The van der Waals surface area contributed by atoms with E-state index in [1.807, 2.05) is 24.3 Å². The molecule has 1 N–H and O–H groups in total. The number of hydrogen-bond acceptors (Lipinski definition) is 4. The molecule has 0 bridgehead atoms. The third kappa shape index (κ3) is 3.81. The smallest absolute Gasteiger partial charge is 0.341 e. The Labute approximate surface area is 149 Å². The molecule has 0 fully saturated rings. The van der Waals surface area contributed by atoms with Crippen molar-refractivity contribution in [2.45, 2.75) is 4.84 Å². The van der Waals surface area contributed by atoms with Crippen molar-refractivity contribution in [1.29, 1.82) is 0 Å². The van der Waals surface area contributed by atoms with Crippen LogP contribution in [0.5, 0.6) is 0 Å². The first-order chi connectivity index (χ1) is 10.4. The zero-order valence-corrected chi connectivity index (χ0v) is 15.1. The Hall–Kier alpha value is -1.08. The average Bonchev–Trinajstić information content (AvgIpc) is 2.90. The van der Waals surface area contributed by atoms with Gasteiger partial charge >= 0.3 is 5.97 Å². The Morgan fingerprint density at radius 2 is 1.91 bits per heavy atom. The van der Waals surface area contributed by atoms with Gasteiger partial charge in [0.05, 0.1) is 7.11 Å². The molecule has 22 heavy (non-hydrogen) atoms. The van der Waals surface area contributed by atoms with Crippen LogP contribution in [0, 0.1) is 0 Å². The summed E-state index contributed by atoms with van der Waals surface area (Å²) in [6.07, 6.45) is 0. The molecule has 8 heteroatoms. The van der Waals surface area contributed by atoms with Crippen molar-refractivity contribution in [3.8, 4) is 11.1 Å². The van der Waals surface area contributed by atoms with Crippen LogP contribution < -0.4 is 5.32 Å². The van der Waals surface area contributed by atoms with Crippen molar-refractivity contribution in [3.63, 3.8) is 0 Å². The van der Waals surface area contributed by atoms with E-state index in [4.69, 9.17) is 27.9 Å². The molecule has 0 atom stereocenters. The molecular formula is C14H10BrCl2NO3S. The molecule has 116 valence electrons. The zero-order chi connectivity index (χ0) is 16.3. The van der Waals surface area contributed by atoms with Gasteiger partial charge in [0.2, 0.25) is 0 Å². The van der Waals surface area contributed by atoms with Gasteiger partial charge in [0.15, 0.2) is 4.84 Å². The number of amides is 1. The number of alkyl halides is 2. The highest BCUT2D eigenvalue weighted by Gasteiger charge is 2.23. The number of ether oxygens (including phenoxy) is 1. The van der Waals surface area contributed by atoms with E-state index in [9.17, 15) is 9.59 Å². The number of methoxy groups -OCH3 is 1. The summed E-state index contributed by atoms with van der Waals surface area (Å²) in [4.78, 5) is 22.5. The van der Waals surface area contributed by atoms with Crippen LogP contribution in [0.25, 0.3) is 11.1 Å². The molecule has 0 spiro atoms. The number of benzene rings is 1. The molecule has 0 aliphatic heterocycles. The van der Waals surface area contributed by atoms with Crippen LogP contribution in [0.2, 0.25) is 0 Å². The Kier molecular flexibility index (Phi) is 5.86. The molecule has 2 aromatic rings. The lowest BCUT2D eigenvalue weighted by Crippen LogP contribution is -2.19. The molecule has 0 saturated heterocycles. The van der Waals surface area contributed by atoms with Gasteiger partial charge in [-0.05, 0) is 17.7 Å². The van der Waals surface area contributed by atoms with E-state index >= 15 is 0 Å². The fourth-order valence-corrected chi connectivity index (χ4v) is 3.10. The summed E-state index contributed by atoms with van der Waals surface area (Å²) in [5.74, 6) is -1.15. The van der Waals surface area contributed by atoms with E-state index in [-0.39, 0.29) is 5.56 Å². The number of carbonyl (C=O) groups excluding carboxylic acids is 2. The number of nitrogens with one attached hydrogen (secondary N) is 1. The van der Waals surface area contributed by atoms with E-state index < -0.39 is 16.7 Å². The van der Waals surface area contributed by atoms with Crippen LogP contribution >= 0.6 is 50.5 Å². The molecule has 0 unspecified atom stereocenters. The topological polar surface area (TPSA) is 55.4 Å². The van der Waals surface area contributed by atoms with E-state index in [2.05, 4.69) is 21.2 Å². The molecule has 4 nitrogen and oxygen atoms in total. The number of hydrogen-bond donors (Lipinski definition) is 1. The highest BCUT2D eigenvalue weighted by Crippen LogP contribution is 2.36. The second-order valence-corrected chi connectivity index (χ2v) is 7.03. The van der Waals surface area contributed by atoms with Crippen molar-refractivity contribution in [1.82, 2.24) is 0 Å². The van der Waals surface area contributed by atoms with Crippen LogP contribution in [0.4, 0.5) is 5.00 Å². The molecule has 0 radical (unpaired) electrons. The maximum Gasteiger partial charge on any atom is 0.341 e. The summed E-state index contributed by atoms with van der Waals surface area (Å²) in [6.45, 7) is 0. The third-order valence-electron chi connectivity index (χ3n) is 2.77. The number of esters is 1. The van der Waals surface area contributed by atoms with Crippen LogP contribution in [-0.2, 0) is 9.53 Å². The quantitative estimate of drug-likeness (QED) is 0.573. The maximum atomic E-state index is 12.1. The van der Waals surface area contributed by atoms with Crippen LogP contribution in [0.15, 0.2) is 34.1 Å². The summed E-state index contributed by atoms with van der Waals surface area (Å²) in [7, 11) is 1.28. The van der Waals surface area contributed by atoms with Crippen LogP contribution in [0.3, 0.4) is 0 Å². The number of anilines is 1. The lowest BCUT2D eigenvalue weighted by molar-refractivity contribution is -0.114. The first-order valence-electron chi connectivity index (χ1n) is 5.98. The van der Waals surface area contributed by atoms with Gasteiger partial charge in [-0.15, -0.1) is 11.3 Å². The molecule has 0 aliphatic carbocycles. The van der Waals surface area contributed by atoms with Gasteiger partial charge in [-0.3, -0.25) is 4.79 Å². The predicted octanol–water partition coefficient (Wildman–Crippen LogP) is 4.71. The fourth-order valence-electron chi connectivity index (χ4n) is 1.76. The Bertz CT molecular complexity index is 701. The average molecular weight is 423 g/mol. The van der Waals surface area contributed by atoms with Gasteiger partial charge in [-0.1, -0.05) is 51.3 Å². The van der Waals surface area contributed by atoms with Gasteiger partial charge in [-0.2, -0.15) is 0 Å². The minimum atomic E-state index is -1.22. The Morgan fingerprint density at radius 1 is 1.27 bits per heavy atom. The van der Waals surface area contributed by atoms with Gasteiger partial charge in [0, 0.05) is 15.4 Å². The van der Waals surface area contributed by atoms with Gasteiger partial charge in [0.25, 0.3) is 5.91 Å². The number of thiophene rings is 1. The normalized spacial score (nSPS) is 10.6. The molecular weight excluding hydrogens is 413 g/mol. The summed E-state index contributed by atoms with van der Waals surface area (Å²) >= 11 is 15.6. The number of carbonyl (C=O) groups is 2. The van der Waals surface area contributed by atoms with Crippen molar-refractivity contribution in [2.75, 3.05) is 12.4 Å². The van der Waals surface area contributed by atoms with E-state index in [1.165, 1.54) is 18.4 Å². The second-order valence-electron chi connectivity index (χ2n) is 4.14. The molecule has 1 aromatic heterocycles. The highest BCUT2D eigenvalue weighted by molar-refractivity contribution is 9.10. The molecule has 1 heterocycles.